The van der Waals surface area contributed by atoms with Crippen molar-refractivity contribution in [1.82, 2.24) is 4.57 Å². The first-order valence-electron chi connectivity index (χ1n) is 7.41. The number of methoxy groups -OCH3 is 1. The highest BCUT2D eigenvalue weighted by Gasteiger charge is 2.23. The van der Waals surface area contributed by atoms with Crippen LogP contribution in [0.25, 0.3) is 16.8 Å². The molecule has 0 spiro atoms. The van der Waals surface area contributed by atoms with Crippen LogP contribution >= 0.6 is 0 Å². The lowest BCUT2D eigenvalue weighted by atomic mass is 10.0. The Morgan fingerprint density at radius 1 is 1.20 bits per heavy atom. The smallest absolute Gasteiger partial charge is 0.357 e. The van der Waals surface area contributed by atoms with Crippen molar-refractivity contribution < 1.29 is 13.9 Å². The normalized spacial score (nSPS) is 10.3. The molecule has 0 atom stereocenters. The van der Waals surface area contributed by atoms with E-state index in [0.29, 0.717) is 5.69 Å². The average Bonchev–Trinajstić information content (AvgIpc) is 2.98. The summed E-state index contributed by atoms with van der Waals surface area (Å²) in [5, 5.41) is 9.24. The zero-order valence-corrected chi connectivity index (χ0v) is 13.4. The molecule has 2 aromatic carbocycles. The van der Waals surface area contributed by atoms with Gasteiger partial charge in [0.15, 0.2) is 5.69 Å². The number of carbonyl (C=O) groups excluding carboxylic acids is 1. The molecular weight excluding hydrogens is 321 g/mol. The van der Waals surface area contributed by atoms with E-state index in [0.717, 1.165) is 11.1 Å². The van der Waals surface area contributed by atoms with Gasteiger partial charge in [-0.1, -0.05) is 30.3 Å². The first-order valence-corrected chi connectivity index (χ1v) is 7.41. The van der Waals surface area contributed by atoms with Crippen molar-refractivity contribution in [1.29, 1.82) is 5.26 Å². The van der Waals surface area contributed by atoms with Crippen LogP contribution in [0, 0.1) is 17.1 Å². The second-order valence-electron chi connectivity index (χ2n) is 5.30. The highest BCUT2D eigenvalue weighted by molar-refractivity contribution is 5.96. The molecule has 0 fully saturated rings. The van der Waals surface area contributed by atoms with Crippen molar-refractivity contribution >= 4 is 11.7 Å². The summed E-state index contributed by atoms with van der Waals surface area (Å²) in [5.74, 6) is -0.985. The first-order chi connectivity index (χ1) is 12.1. The van der Waals surface area contributed by atoms with E-state index in [4.69, 9.17) is 10.5 Å². The van der Waals surface area contributed by atoms with Crippen LogP contribution in [0.2, 0.25) is 0 Å². The van der Waals surface area contributed by atoms with Gasteiger partial charge in [0.2, 0.25) is 0 Å². The fourth-order valence-corrected chi connectivity index (χ4v) is 2.66. The van der Waals surface area contributed by atoms with Crippen LogP contribution in [-0.2, 0) is 4.74 Å². The molecule has 0 radical (unpaired) electrons. The SMILES string of the molecule is COC(=O)c1c(N)c(C#N)cn1-c1ccccc1-c1ccc(F)cc1. The lowest BCUT2D eigenvalue weighted by molar-refractivity contribution is 0.0593. The molecule has 2 N–H and O–H groups in total. The van der Waals surface area contributed by atoms with E-state index in [2.05, 4.69) is 0 Å². The Morgan fingerprint density at radius 2 is 1.88 bits per heavy atom. The molecule has 5 nitrogen and oxygen atoms in total. The number of aromatic nitrogens is 1. The summed E-state index contributed by atoms with van der Waals surface area (Å²) in [7, 11) is 1.25. The van der Waals surface area contributed by atoms with E-state index in [1.54, 1.807) is 24.3 Å². The molecule has 0 aliphatic carbocycles. The molecule has 3 aromatic rings. The molecule has 124 valence electrons. The standard InChI is InChI=1S/C19H14FN3O2/c1-25-19(24)18-17(22)13(10-21)11-23(18)16-5-3-2-4-15(16)12-6-8-14(20)9-7-12/h2-9,11H,22H2,1H3. The largest absolute Gasteiger partial charge is 0.464 e. The van der Waals surface area contributed by atoms with Gasteiger partial charge in [-0.3, -0.25) is 0 Å². The fourth-order valence-electron chi connectivity index (χ4n) is 2.66. The fraction of sp³-hybridized carbons (Fsp3) is 0.0526. The maximum atomic E-state index is 13.2. The number of anilines is 1. The molecule has 25 heavy (non-hydrogen) atoms. The van der Waals surface area contributed by atoms with Gasteiger partial charge in [0.05, 0.1) is 24.0 Å². The average molecular weight is 335 g/mol. The summed E-state index contributed by atoms with van der Waals surface area (Å²) in [4.78, 5) is 12.2. The number of nitriles is 1. The minimum absolute atomic E-state index is 0.0586. The summed E-state index contributed by atoms with van der Waals surface area (Å²) >= 11 is 0. The van der Waals surface area contributed by atoms with E-state index in [-0.39, 0.29) is 22.8 Å². The Hall–Kier alpha value is -3.59. The number of ether oxygens (including phenoxy) is 1. The number of hydrogen-bond acceptors (Lipinski definition) is 4. The van der Waals surface area contributed by atoms with Crippen LogP contribution in [0.3, 0.4) is 0 Å². The summed E-state index contributed by atoms with van der Waals surface area (Å²) < 4.78 is 19.6. The van der Waals surface area contributed by atoms with Gasteiger partial charge in [0, 0.05) is 11.8 Å². The number of benzene rings is 2. The molecule has 0 saturated heterocycles. The van der Waals surface area contributed by atoms with E-state index in [1.165, 1.54) is 30.0 Å². The third kappa shape index (κ3) is 2.83. The number of nitrogens with zero attached hydrogens (tertiary/aromatic N) is 2. The molecule has 1 heterocycles. The van der Waals surface area contributed by atoms with Gasteiger partial charge in [-0.25, -0.2) is 9.18 Å². The second-order valence-corrected chi connectivity index (χ2v) is 5.30. The number of hydrogen-bond donors (Lipinski definition) is 1. The van der Waals surface area contributed by atoms with Crippen molar-refractivity contribution in [3.05, 3.63) is 71.8 Å². The number of para-hydroxylation sites is 1. The van der Waals surface area contributed by atoms with Crippen LogP contribution in [-0.4, -0.2) is 17.6 Å². The maximum absolute atomic E-state index is 13.2. The first kappa shape index (κ1) is 16.3. The van der Waals surface area contributed by atoms with Crippen molar-refractivity contribution in [2.45, 2.75) is 0 Å². The number of rotatable bonds is 3. The Morgan fingerprint density at radius 3 is 2.52 bits per heavy atom. The Kier molecular flexibility index (Phi) is 4.23. The topological polar surface area (TPSA) is 81.0 Å². The van der Waals surface area contributed by atoms with Crippen LogP contribution in [0.4, 0.5) is 10.1 Å². The van der Waals surface area contributed by atoms with E-state index < -0.39 is 5.97 Å². The third-order valence-electron chi connectivity index (χ3n) is 3.86. The second kappa shape index (κ2) is 6.49. The Bertz CT molecular complexity index is 985. The summed E-state index contributed by atoms with van der Waals surface area (Å²) in [6, 6.07) is 15.2. The summed E-state index contributed by atoms with van der Waals surface area (Å²) in [5.41, 5.74) is 8.40. The van der Waals surface area contributed by atoms with Crippen LogP contribution in [0.1, 0.15) is 16.1 Å². The molecule has 0 aliphatic heterocycles. The Labute approximate surface area is 143 Å². The van der Waals surface area contributed by atoms with Gasteiger partial charge in [-0.15, -0.1) is 0 Å². The molecule has 0 amide bonds. The van der Waals surface area contributed by atoms with E-state index >= 15 is 0 Å². The van der Waals surface area contributed by atoms with Gasteiger partial charge >= 0.3 is 5.97 Å². The van der Waals surface area contributed by atoms with E-state index in [1.807, 2.05) is 18.2 Å². The van der Waals surface area contributed by atoms with Crippen molar-refractivity contribution in [2.24, 2.45) is 0 Å². The van der Waals surface area contributed by atoms with Crippen molar-refractivity contribution in [2.75, 3.05) is 12.8 Å². The molecule has 3 rings (SSSR count). The minimum Gasteiger partial charge on any atom is -0.464 e. The number of carbonyl (C=O) groups is 1. The third-order valence-corrected chi connectivity index (χ3v) is 3.86. The number of halogens is 1. The lowest BCUT2D eigenvalue weighted by Crippen LogP contribution is -2.11. The monoisotopic (exact) mass is 335 g/mol. The number of esters is 1. The molecular formula is C19H14FN3O2. The Balaban J connectivity index is 2.27. The van der Waals surface area contributed by atoms with Gasteiger partial charge in [-0.2, -0.15) is 5.26 Å². The van der Waals surface area contributed by atoms with Gasteiger partial charge < -0.3 is 15.0 Å². The quantitative estimate of drug-likeness (QED) is 0.743. The lowest BCUT2D eigenvalue weighted by Gasteiger charge is -2.13. The highest BCUT2D eigenvalue weighted by atomic mass is 19.1. The zero-order valence-electron chi connectivity index (χ0n) is 13.4. The van der Waals surface area contributed by atoms with E-state index in [9.17, 15) is 14.4 Å². The molecule has 6 heteroatoms. The summed E-state index contributed by atoms with van der Waals surface area (Å²) in [6.07, 6.45) is 1.49. The zero-order chi connectivity index (χ0) is 18.0. The van der Waals surface area contributed by atoms with Crippen LogP contribution < -0.4 is 5.73 Å². The molecule has 0 bridgehead atoms. The number of nitrogen functional groups attached to an aromatic ring is 1. The molecule has 1 aromatic heterocycles. The maximum Gasteiger partial charge on any atom is 0.357 e. The van der Waals surface area contributed by atoms with Crippen molar-refractivity contribution in [3.63, 3.8) is 0 Å². The predicted molar refractivity (Wildman–Crippen MR) is 91.6 cm³/mol. The van der Waals surface area contributed by atoms with Crippen molar-refractivity contribution in [3.8, 4) is 22.9 Å². The summed E-state index contributed by atoms with van der Waals surface area (Å²) in [6.45, 7) is 0. The van der Waals surface area contributed by atoms with Gasteiger partial charge in [-0.05, 0) is 23.8 Å². The van der Waals surface area contributed by atoms with Crippen LogP contribution in [0.15, 0.2) is 54.7 Å². The van der Waals surface area contributed by atoms with Gasteiger partial charge in [0.1, 0.15) is 11.9 Å². The highest BCUT2D eigenvalue weighted by Crippen LogP contribution is 2.31. The van der Waals surface area contributed by atoms with Gasteiger partial charge in [0.25, 0.3) is 0 Å². The predicted octanol–water partition coefficient (Wildman–Crippen LogP) is 3.52. The number of nitrogens with two attached hydrogens (primary N) is 1. The molecule has 0 saturated carbocycles. The minimum atomic E-state index is -0.645. The molecule has 0 aliphatic rings. The van der Waals surface area contributed by atoms with Crippen LogP contribution in [0.5, 0.6) is 0 Å². The molecule has 0 unspecified atom stereocenters.